The molecular weight excluding hydrogens is 443 g/mol. The lowest BCUT2D eigenvalue weighted by Gasteiger charge is -2.33. The Bertz CT molecular complexity index is 587. The van der Waals surface area contributed by atoms with Gasteiger partial charge in [-0.25, -0.2) is 0 Å². The Hall–Kier alpha value is -1.51. The second kappa shape index (κ2) is 12.0. The van der Waals surface area contributed by atoms with Gasteiger partial charge < -0.3 is 20.6 Å². The lowest BCUT2D eigenvalue weighted by molar-refractivity contribution is 0.0953. The predicted molar refractivity (Wildman–Crippen MR) is 116 cm³/mol. The number of aromatic hydroxyl groups is 1. The van der Waals surface area contributed by atoms with Crippen LogP contribution in [0.4, 0.5) is 0 Å². The van der Waals surface area contributed by atoms with Crippen LogP contribution in [0.5, 0.6) is 5.75 Å². The number of hydrogen-bond acceptors (Lipinski definition) is 3. The maximum Gasteiger partial charge on any atom is 0.251 e. The monoisotopic (exact) mass is 474 g/mol. The number of phenolic OH excluding ortho intramolecular Hbond substituents is 1. The highest BCUT2D eigenvalue weighted by atomic mass is 127. The first-order valence-electron chi connectivity index (χ1n) is 9.20. The summed E-state index contributed by atoms with van der Waals surface area (Å²) < 4.78 is 0. The Morgan fingerprint density at radius 3 is 2.69 bits per heavy atom. The van der Waals surface area contributed by atoms with E-state index in [9.17, 15) is 9.90 Å². The summed E-state index contributed by atoms with van der Waals surface area (Å²) in [5, 5.41) is 15.6. The standard InChI is InChI=1S/C19H30N4O2.HI/c1-3-20-19(23-12-8-15(2)9-13-23)22-11-5-10-21-18(25)16-6-4-7-17(24)14-16;/h4,6-7,14-15,24H,3,5,8-13H2,1-2H3,(H,20,22)(H,21,25);1H. The average Bonchev–Trinajstić information content (AvgIpc) is 2.61. The fourth-order valence-corrected chi connectivity index (χ4v) is 2.86. The Labute approximate surface area is 173 Å². The van der Waals surface area contributed by atoms with E-state index in [0.29, 0.717) is 18.7 Å². The minimum absolute atomic E-state index is 0. The second-order valence-electron chi connectivity index (χ2n) is 6.57. The molecule has 2 rings (SSSR count). The van der Waals surface area contributed by atoms with E-state index < -0.39 is 0 Å². The van der Waals surface area contributed by atoms with E-state index in [4.69, 9.17) is 0 Å². The zero-order valence-electron chi connectivity index (χ0n) is 15.7. The first-order chi connectivity index (χ1) is 12.1. The van der Waals surface area contributed by atoms with Gasteiger partial charge in [-0.1, -0.05) is 13.0 Å². The van der Waals surface area contributed by atoms with Crippen LogP contribution in [0.15, 0.2) is 29.3 Å². The summed E-state index contributed by atoms with van der Waals surface area (Å²) in [7, 11) is 0. The molecule has 1 aliphatic heterocycles. The normalized spacial score (nSPS) is 15.3. The van der Waals surface area contributed by atoms with E-state index in [1.54, 1.807) is 18.2 Å². The molecule has 7 heteroatoms. The number of aliphatic imine (C=N–C) groups is 1. The molecule has 1 amide bonds. The van der Waals surface area contributed by atoms with Crippen molar-refractivity contribution in [2.75, 3.05) is 32.7 Å². The van der Waals surface area contributed by atoms with E-state index in [2.05, 4.69) is 34.4 Å². The third-order valence-corrected chi connectivity index (χ3v) is 4.41. The molecule has 0 spiro atoms. The molecule has 146 valence electrons. The summed E-state index contributed by atoms with van der Waals surface area (Å²) in [5.74, 6) is 1.71. The quantitative estimate of drug-likeness (QED) is 0.257. The molecule has 0 radical (unpaired) electrons. The van der Waals surface area contributed by atoms with Crippen LogP contribution < -0.4 is 10.6 Å². The lowest BCUT2D eigenvalue weighted by Crippen LogP contribution is -2.45. The van der Waals surface area contributed by atoms with Gasteiger partial charge in [0.25, 0.3) is 5.91 Å². The molecule has 0 atom stereocenters. The Kier molecular flexibility index (Phi) is 10.4. The summed E-state index contributed by atoms with van der Waals surface area (Å²) in [5.41, 5.74) is 0.472. The van der Waals surface area contributed by atoms with Gasteiger partial charge >= 0.3 is 0 Å². The van der Waals surface area contributed by atoms with Gasteiger partial charge in [-0.05, 0) is 50.3 Å². The molecule has 0 bridgehead atoms. The van der Waals surface area contributed by atoms with E-state index in [1.807, 2.05) is 0 Å². The molecule has 1 aromatic carbocycles. The molecule has 1 aromatic rings. The third kappa shape index (κ3) is 7.39. The predicted octanol–water partition coefficient (Wildman–Crippen LogP) is 2.83. The number of halogens is 1. The molecule has 0 aromatic heterocycles. The Balaban J connectivity index is 0.00000338. The molecule has 0 unspecified atom stereocenters. The fourth-order valence-electron chi connectivity index (χ4n) is 2.86. The molecule has 0 aliphatic carbocycles. The van der Waals surface area contributed by atoms with E-state index in [0.717, 1.165) is 37.9 Å². The maximum absolute atomic E-state index is 12.0. The molecule has 6 nitrogen and oxygen atoms in total. The third-order valence-electron chi connectivity index (χ3n) is 4.41. The van der Waals surface area contributed by atoms with Gasteiger partial charge in [0.05, 0.1) is 0 Å². The number of hydrogen-bond donors (Lipinski definition) is 3. The van der Waals surface area contributed by atoms with Crippen molar-refractivity contribution in [2.45, 2.75) is 33.1 Å². The van der Waals surface area contributed by atoms with Crippen molar-refractivity contribution in [1.82, 2.24) is 15.5 Å². The first kappa shape index (κ1) is 22.5. The van der Waals surface area contributed by atoms with Gasteiger partial charge in [0, 0.05) is 38.3 Å². The largest absolute Gasteiger partial charge is 0.508 e. The average molecular weight is 474 g/mol. The SMILES string of the molecule is CCNC(=NCCCNC(=O)c1cccc(O)c1)N1CCC(C)CC1.I. The van der Waals surface area contributed by atoms with Crippen LogP contribution >= 0.6 is 24.0 Å². The summed E-state index contributed by atoms with van der Waals surface area (Å²) in [6, 6.07) is 6.37. The fraction of sp³-hybridized carbons (Fsp3) is 0.579. The highest BCUT2D eigenvalue weighted by Gasteiger charge is 2.18. The van der Waals surface area contributed by atoms with Gasteiger partial charge in [0.2, 0.25) is 0 Å². The number of likely N-dealkylation sites (tertiary alicyclic amines) is 1. The number of phenols is 1. The van der Waals surface area contributed by atoms with Crippen LogP contribution in [0, 0.1) is 5.92 Å². The summed E-state index contributed by atoms with van der Waals surface area (Å²) in [6.07, 6.45) is 3.21. The van der Waals surface area contributed by atoms with Crippen LogP contribution in [-0.2, 0) is 0 Å². The van der Waals surface area contributed by atoms with Crippen LogP contribution in [0.25, 0.3) is 0 Å². The number of amides is 1. The van der Waals surface area contributed by atoms with Crippen LogP contribution in [0.2, 0.25) is 0 Å². The highest BCUT2D eigenvalue weighted by Crippen LogP contribution is 2.16. The van der Waals surface area contributed by atoms with Gasteiger partial charge in [0.1, 0.15) is 5.75 Å². The summed E-state index contributed by atoms with van der Waals surface area (Å²) >= 11 is 0. The number of guanidine groups is 1. The zero-order valence-corrected chi connectivity index (χ0v) is 18.0. The van der Waals surface area contributed by atoms with E-state index >= 15 is 0 Å². The van der Waals surface area contributed by atoms with E-state index in [1.165, 1.54) is 18.9 Å². The van der Waals surface area contributed by atoms with Crippen LogP contribution in [-0.4, -0.2) is 54.6 Å². The van der Waals surface area contributed by atoms with Crippen molar-refractivity contribution >= 4 is 35.8 Å². The highest BCUT2D eigenvalue weighted by molar-refractivity contribution is 14.0. The van der Waals surface area contributed by atoms with Crippen molar-refractivity contribution in [3.05, 3.63) is 29.8 Å². The van der Waals surface area contributed by atoms with Gasteiger partial charge in [-0.3, -0.25) is 9.79 Å². The summed E-state index contributed by atoms with van der Waals surface area (Å²) in [6.45, 7) is 8.60. The van der Waals surface area contributed by atoms with Crippen molar-refractivity contribution in [3.8, 4) is 5.75 Å². The number of piperidine rings is 1. The molecule has 1 heterocycles. The van der Waals surface area contributed by atoms with Gasteiger partial charge in [0.15, 0.2) is 5.96 Å². The maximum atomic E-state index is 12.0. The van der Waals surface area contributed by atoms with Gasteiger partial charge in [-0.15, -0.1) is 24.0 Å². The summed E-state index contributed by atoms with van der Waals surface area (Å²) in [4.78, 5) is 19.0. The number of nitrogens with zero attached hydrogens (tertiary/aromatic N) is 2. The van der Waals surface area contributed by atoms with E-state index in [-0.39, 0.29) is 35.6 Å². The van der Waals surface area contributed by atoms with Crippen LogP contribution in [0.1, 0.15) is 43.5 Å². The molecule has 1 saturated heterocycles. The lowest BCUT2D eigenvalue weighted by atomic mass is 10.00. The molecule has 26 heavy (non-hydrogen) atoms. The molecule has 1 aliphatic rings. The molecular formula is C19H31IN4O2. The van der Waals surface area contributed by atoms with Crippen molar-refractivity contribution in [1.29, 1.82) is 0 Å². The minimum atomic E-state index is -0.170. The van der Waals surface area contributed by atoms with Crippen molar-refractivity contribution in [3.63, 3.8) is 0 Å². The Morgan fingerprint density at radius 1 is 1.31 bits per heavy atom. The second-order valence-corrected chi connectivity index (χ2v) is 6.57. The topological polar surface area (TPSA) is 77.0 Å². The number of carbonyl (C=O) groups is 1. The number of carbonyl (C=O) groups excluding carboxylic acids is 1. The minimum Gasteiger partial charge on any atom is -0.508 e. The van der Waals surface area contributed by atoms with Crippen LogP contribution in [0.3, 0.4) is 0 Å². The number of rotatable bonds is 6. The smallest absolute Gasteiger partial charge is 0.251 e. The van der Waals surface area contributed by atoms with Crippen molar-refractivity contribution in [2.24, 2.45) is 10.9 Å². The van der Waals surface area contributed by atoms with Gasteiger partial charge in [-0.2, -0.15) is 0 Å². The number of nitrogens with one attached hydrogen (secondary N) is 2. The Morgan fingerprint density at radius 2 is 2.04 bits per heavy atom. The number of benzene rings is 1. The molecule has 1 fully saturated rings. The van der Waals surface area contributed by atoms with Crippen molar-refractivity contribution < 1.29 is 9.90 Å². The zero-order chi connectivity index (χ0) is 18.1. The first-order valence-corrected chi connectivity index (χ1v) is 9.20. The molecule has 0 saturated carbocycles. The molecule has 3 N–H and O–H groups in total.